The average molecular weight is 316 g/mol. The molecule has 7 heteroatoms. The van der Waals surface area contributed by atoms with Gasteiger partial charge in [0.05, 0.1) is 12.1 Å². The van der Waals surface area contributed by atoms with Crippen molar-refractivity contribution in [3.8, 4) is 0 Å². The molecule has 6 nitrogen and oxygen atoms in total. The Bertz CT molecular complexity index is 592. The van der Waals surface area contributed by atoms with Crippen molar-refractivity contribution in [2.45, 2.75) is 56.7 Å². The van der Waals surface area contributed by atoms with Crippen LogP contribution in [0.2, 0.25) is 0 Å². The average Bonchev–Trinajstić information content (AvgIpc) is 2.69. The third kappa shape index (κ3) is 4.06. The Morgan fingerprint density at radius 3 is 2.76 bits per heavy atom. The highest BCUT2D eigenvalue weighted by Gasteiger charge is 2.32. The molecular weight excluding hydrogens is 292 g/mol. The van der Waals surface area contributed by atoms with Gasteiger partial charge in [0.25, 0.3) is 0 Å². The van der Waals surface area contributed by atoms with Gasteiger partial charge in [-0.05, 0) is 40.7 Å². The molecule has 0 saturated carbocycles. The molecule has 0 aliphatic carbocycles. The summed E-state index contributed by atoms with van der Waals surface area (Å²) in [6.07, 6.45) is 1.34. The molecule has 1 unspecified atom stereocenters. The molecule has 0 aromatic carbocycles. The molecule has 0 spiro atoms. The highest BCUT2D eigenvalue weighted by atomic mass is 32.2. The van der Waals surface area contributed by atoms with Crippen molar-refractivity contribution >= 4 is 10.0 Å². The summed E-state index contributed by atoms with van der Waals surface area (Å²) in [4.78, 5) is 0.219. The SMILES string of the molecule is CNCc1cc(S(=O)(=O)NC2CCOC(C)(C)C2)c(C)o1. The fourth-order valence-electron chi connectivity index (χ4n) is 2.67. The zero-order chi connectivity index (χ0) is 15.7. The molecule has 2 rings (SSSR count). The molecule has 1 aromatic rings. The van der Waals surface area contributed by atoms with E-state index in [0.717, 1.165) is 0 Å². The van der Waals surface area contributed by atoms with Crippen LogP contribution in [0.1, 0.15) is 38.2 Å². The van der Waals surface area contributed by atoms with E-state index in [1.165, 1.54) is 0 Å². The Morgan fingerprint density at radius 2 is 2.14 bits per heavy atom. The lowest BCUT2D eigenvalue weighted by Gasteiger charge is -2.35. The molecule has 0 radical (unpaired) electrons. The van der Waals surface area contributed by atoms with E-state index in [4.69, 9.17) is 9.15 Å². The van der Waals surface area contributed by atoms with Crippen LogP contribution in [0.15, 0.2) is 15.4 Å². The minimum Gasteiger partial charge on any atom is -0.464 e. The van der Waals surface area contributed by atoms with Gasteiger partial charge in [-0.15, -0.1) is 0 Å². The fourth-order valence-corrected chi connectivity index (χ4v) is 4.14. The topological polar surface area (TPSA) is 80.6 Å². The van der Waals surface area contributed by atoms with Gasteiger partial charge in [0.15, 0.2) is 0 Å². The van der Waals surface area contributed by atoms with E-state index in [-0.39, 0.29) is 16.5 Å². The van der Waals surface area contributed by atoms with E-state index >= 15 is 0 Å². The molecule has 1 aromatic heterocycles. The van der Waals surface area contributed by atoms with Crippen molar-refractivity contribution in [3.05, 3.63) is 17.6 Å². The van der Waals surface area contributed by atoms with Crippen LogP contribution in [-0.4, -0.2) is 33.7 Å². The molecular formula is C14H24N2O4S. The van der Waals surface area contributed by atoms with Crippen molar-refractivity contribution in [2.24, 2.45) is 0 Å². The summed E-state index contributed by atoms with van der Waals surface area (Å²) in [6.45, 7) is 6.68. The summed E-state index contributed by atoms with van der Waals surface area (Å²) < 4.78 is 38.9. The van der Waals surface area contributed by atoms with Crippen LogP contribution in [0.5, 0.6) is 0 Å². The molecule has 21 heavy (non-hydrogen) atoms. The van der Waals surface area contributed by atoms with Crippen molar-refractivity contribution in [2.75, 3.05) is 13.7 Å². The minimum atomic E-state index is -3.57. The second kappa shape index (κ2) is 6.08. The van der Waals surface area contributed by atoms with Gasteiger partial charge in [-0.3, -0.25) is 0 Å². The van der Waals surface area contributed by atoms with Gasteiger partial charge in [0, 0.05) is 18.7 Å². The van der Waals surface area contributed by atoms with Crippen molar-refractivity contribution < 1.29 is 17.6 Å². The first-order valence-electron chi connectivity index (χ1n) is 7.14. The van der Waals surface area contributed by atoms with E-state index in [9.17, 15) is 8.42 Å². The summed E-state index contributed by atoms with van der Waals surface area (Å²) in [5, 5.41) is 2.94. The molecule has 1 saturated heterocycles. The van der Waals surface area contributed by atoms with Crippen LogP contribution in [0.3, 0.4) is 0 Å². The third-order valence-corrected chi connectivity index (χ3v) is 5.21. The standard InChI is InChI=1S/C14H24N2O4S/c1-10-13(7-12(20-10)9-15-4)21(17,18)16-11-5-6-19-14(2,3)8-11/h7,11,15-16H,5-6,8-9H2,1-4H3. The van der Waals surface area contributed by atoms with Gasteiger partial charge in [-0.25, -0.2) is 13.1 Å². The summed E-state index contributed by atoms with van der Waals surface area (Å²) in [6, 6.07) is 1.47. The van der Waals surface area contributed by atoms with Gasteiger partial charge in [-0.2, -0.15) is 0 Å². The largest absolute Gasteiger partial charge is 0.464 e. The molecule has 1 aliphatic rings. The molecule has 0 bridgehead atoms. The van der Waals surface area contributed by atoms with Gasteiger partial charge < -0.3 is 14.5 Å². The zero-order valence-electron chi connectivity index (χ0n) is 13.0. The first kappa shape index (κ1) is 16.5. The highest BCUT2D eigenvalue weighted by Crippen LogP contribution is 2.26. The smallest absolute Gasteiger partial charge is 0.244 e. The van der Waals surface area contributed by atoms with Crippen LogP contribution in [-0.2, 0) is 21.3 Å². The van der Waals surface area contributed by atoms with Gasteiger partial charge in [0.1, 0.15) is 16.4 Å². The Hall–Kier alpha value is -0.890. The maximum Gasteiger partial charge on any atom is 0.244 e. The summed E-state index contributed by atoms with van der Waals surface area (Å²) in [5.74, 6) is 1.03. The molecule has 2 N–H and O–H groups in total. The highest BCUT2D eigenvalue weighted by molar-refractivity contribution is 7.89. The number of aryl methyl sites for hydroxylation is 1. The van der Waals surface area contributed by atoms with Crippen LogP contribution >= 0.6 is 0 Å². The third-order valence-electron chi connectivity index (χ3n) is 3.58. The van der Waals surface area contributed by atoms with E-state index in [1.54, 1.807) is 20.0 Å². The Kier molecular flexibility index (Phi) is 4.77. The number of nitrogens with one attached hydrogen (secondary N) is 2. The van der Waals surface area contributed by atoms with Gasteiger partial charge in [0.2, 0.25) is 10.0 Å². The maximum absolute atomic E-state index is 12.5. The van der Waals surface area contributed by atoms with E-state index in [0.29, 0.717) is 37.5 Å². The number of rotatable bonds is 5. The lowest BCUT2D eigenvalue weighted by Crippen LogP contribution is -2.45. The predicted octanol–water partition coefficient (Wildman–Crippen LogP) is 1.54. The second-order valence-corrected chi connectivity index (χ2v) is 7.77. The van der Waals surface area contributed by atoms with Crippen LogP contribution in [0, 0.1) is 6.92 Å². The van der Waals surface area contributed by atoms with E-state index < -0.39 is 10.0 Å². The van der Waals surface area contributed by atoms with Crippen LogP contribution < -0.4 is 10.0 Å². The zero-order valence-corrected chi connectivity index (χ0v) is 13.8. The molecule has 1 aliphatic heterocycles. The lowest BCUT2D eigenvalue weighted by atomic mass is 9.95. The summed E-state index contributed by atoms with van der Waals surface area (Å²) in [7, 11) is -1.78. The van der Waals surface area contributed by atoms with E-state index in [1.807, 2.05) is 13.8 Å². The first-order valence-corrected chi connectivity index (χ1v) is 8.62. The van der Waals surface area contributed by atoms with Crippen LogP contribution in [0.25, 0.3) is 0 Å². The summed E-state index contributed by atoms with van der Waals surface area (Å²) in [5.41, 5.74) is -0.297. The molecule has 0 amide bonds. The molecule has 120 valence electrons. The lowest BCUT2D eigenvalue weighted by molar-refractivity contribution is -0.0599. The number of ether oxygens (including phenoxy) is 1. The van der Waals surface area contributed by atoms with Crippen molar-refractivity contribution in [1.29, 1.82) is 0 Å². The summed E-state index contributed by atoms with van der Waals surface area (Å²) >= 11 is 0. The number of hydrogen-bond acceptors (Lipinski definition) is 5. The molecule has 2 heterocycles. The van der Waals surface area contributed by atoms with Crippen LogP contribution in [0.4, 0.5) is 0 Å². The second-order valence-electron chi connectivity index (χ2n) is 6.08. The normalized spacial score (nSPS) is 22.4. The molecule has 1 fully saturated rings. The predicted molar refractivity (Wildman–Crippen MR) is 79.6 cm³/mol. The monoisotopic (exact) mass is 316 g/mol. The van der Waals surface area contributed by atoms with Gasteiger partial charge in [-0.1, -0.05) is 0 Å². The Balaban J connectivity index is 2.15. The van der Waals surface area contributed by atoms with E-state index in [2.05, 4.69) is 10.0 Å². The van der Waals surface area contributed by atoms with Gasteiger partial charge >= 0.3 is 0 Å². The first-order chi connectivity index (χ1) is 9.73. The Morgan fingerprint density at radius 1 is 1.43 bits per heavy atom. The van der Waals surface area contributed by atoms with Crippen molar-refractivity contribution in [3.63, 3.8) is 0 Å². The van der Waals surface area contributed by atoms with Crippen molar-refractivity contribution in [1.82, 2.24) is 10.0 Å². The fraction of sp³-hybridized carbons (Fsp3) is 0.714. The number of sulfonamides is 1. The number of hydrogen-bond donors (Lipinski definition) is 2. The quantitative estimate of drug-likeness (QED) is 0.861. The Labute approximate surface area is 126 Å². The minimum absolute atomic E-state index is 0.110. The molecule has 1 atom stereocenters. The number of furan rings is 1. The maximum atomic E-state index is 12.5.